The molecule has 2 saturated carbocycles. The molecule has 1 aromatic rings. The zero-order chi connectivity index (χ0) is 14.8. The van der Waals surface area contributed by atoms with Crippen LogP contribution in [0.2, 0.25) is 0 Å². The van der Waals surface area contributed by atoms with Gasteiger partial charge in [-0.3, -0.25) is 0 Å². The fourth-order valence-corrected chi connectivity index (χ4v) is 3.77. The first-order valence-corrected chi connectivity index (χ1v) is 8.15. The minimum absolute atomic E-state index is 0. The van der Waals surface area contributed by atoms with Crippen LogP contribution in [-0.2, 0) is 17.1 Å². The number of halogens is 1. The molecule has 0 aliphatic heterocycles. The van der Waals surface area contributed by atoms with Crippen LogP contribution >= 0.6 is 22.6 Å². The first-order valence-electron chi connectivity index (χ1n) is 7.07. The van der Waals surface area contributed by atoms with Gasteiger partial charge >= 0.3 is 17.1 Å². The van der Waals surface area contributed by atoms with Crippen LogP contribution in [0.25, 0.3) is 0 Å². The van der Waals surface area contributed by atoms with Crippen molar-refractivity contribution in [2.75, 3.05) is 14.1 Å². The first-order chi connectivity index (χ1) is 10.2. The SMILES string of the molecule is CN(C)[C@H]1[C]2[CH][CH][CH][C]2c2cccc(I)c21.[CH]1[CH][CH][CH][CH]1.[Fe+2]. The van der Waals surface area contributed by atoms with Gasteiger partial charge in [0.2, 0.25) is 0 Å². The van der Waals surface area contributed by atoms with Gasteiger partial charge in [-0.15, -0.1) is 0 Å². The zero-order valence-corrected chi connectivity index (χ0v) is 15.9. The zero-order valence-electron chi connectivity index (χ0n) is 12.6. The van der Waals surface area contributed by atoms with Gasteiger partial charge in [-0.1, -0.05) is 12.1 Å². The Bertz CT molecular complexity index is 477. The Morgan fingerprint density at radius 3 is 2.14 bits per heavy atom. The second-order valence-corrected chi connectivity index (χ2v) is 6.59. The quantitative estimate of drug-likeness (QED) is 0.468. The largest absolute Gasteiger partial charge is 2.00 e. The maximum absolute atomic E-state index is 2.44. The Hall–Kier alpha value is 0.429. The molecule has 0 heterocycles. The summed E-state index contributed by atoms with van der Waals surface area (Å²) in [4.78, 5) is 2.30. The van der Waals surface area contributed by atoms with Crippen molar-refractivity contribution in [3.05, 3.63) is 96.1 Å². The van der Waals surface area contributed by atoms with Crippen molar-refractivity contribution in [1.82, 2.24) is 4.90 Å². The molecular formula is C19H18FeIN+2. The normalized spacial score (nSPS) is 23.7. The fourth-order valence-electron chi connectivity index (χ4n) is 2.98. The third-order valence-electron chi connectivity index (χ3n) is 3.83. The maximum Gasteiger partial charge on any atom is 2.00 e. The number of rotatable bonds is 1. The van der Waals surface area contributed by atoms with Crippen molar-refractivity contribution >= 4 is 22.6 Å². The summed E-state index contributed by atoms with van der Waals surface area (Å²) in [7, 11) is 4.30. The Morgan fingerprint density at radius 1 is 0.909 bits per heavy atom. The summed E-state index contributed by atoms with van der Waals surface area (Å²) >= 11 is 2.44. The van der Waals surface area contributed by atoms with E-state index >= 15 is 0 Å². The van der Waals surface area contributed by atoms with E-state index in [-0.39, 0.29) is 17.1 Å². The predicted octanol–water partition coefficient (Wildman–Crippen LogP) is 4.05. The van der Waals surface area contributed by atoms with Crippen molar-refractivity contribution in [3.63, 3.8) is 0 Å². The minimum atomic E-state index is 0. The van der Waals surface area contributed by atoms with Crippen LogP contribution in [0.5, 0.6) is 0 Å². The molecule has 0 aromatic heterocycles. The van der Waals surface area contributed by atoms with Crippen LogP contribution in [-0.4, -0.2) is 19.0 Å². The molecule has 0 unspecified atom stereocenters. The molecule has 3 aliphatic carbocycles. The monoisotopic (exact) mass is 443 g/mol. The Balaban J connectivity index is 0.000000253. The van der Waals surface area contributed by atoms with E-state index in [1.807, 2.05) is 32.1 Å². The van der Waals surface area contributed by atoms with E-state index in [2.05, 4.69) is 79.0 Å². The van der Waals surface area contributed by atoms with Crippen molar-refractivity contribution in [2.45, 2.75) is 6.04 Å². The van der Waals surface area contributed by atoms with Gasteiger partial charge in [-0.05, 0) is 105 Å². The van der Waals surface area contributed by atoms with Gasteiger partial charge in [-0.2, -0.15) is 0 Å². The van der Waals surface area contributed by atoms with E-state index in [9.17, 15) is 0 Å². The number of nitrogens with zero attached hydrogens (tertiary/aromatic N) is 1. The van der Waals surface area contributed by atoms with E-state index in [0.29, 0.717) is 6.04 Å². The van der Waals surface area contributed by atoms with Crippen LogP contribution < -0.4 is 0 Å². The molecule has 22 heavy (non-hydrogen) atoms. The molecule has 3 heteroatoms. The summed E-state index contributed by atoms with van der Waals surface area (Å²) < 4.78 is 1.37. The van der Waals surface area contributed by atoms with Crippen molar-refractivity contribution in [2.24, 2.45) is 0 Å². The number of fused-ring (bicyclic) bond motifs is 3. The van der Waals surface area contributed by atoms with Gasteiger partial charge in [0.25, 0.3) is 0 Å². The van der Waals surface area contributed by atoms with Gasteiger partial charge < -0.3 is 4.90 Å². The van der Waals surface area contributed by atoms with E-state index in [1.165, 1.54) is 26.5 Å². The number of hydrogen-bond acceptors (Lipinski definition) is 1. The molecule has 0 bridgehead atoms. The molecular weight excluding hydrogens is 425 g/mol. The van der Waals surface area contributed by atoms with Crippen molar-refractivity contribution in [3.8, 4) is 0 Å². The molecule has 0 N–H and O–H groups in total. The number of benzene rings is 1. The molecule has 112 valence electrons. The van der Waals surface area contributed by atoms with Crippen LogP contribution in [0, 0.1) is 66.8 Å². The molecule has 2 fully saturated rings. The summed E-state index contributed by atoms with van der Waals surface area (Å²) in [6, 6.07) is 7.00. The molecule has 1 nitrogen and oxygen atoms in total. The van der Waals surface area contributed by atoms with Gasteiger partial charge in [0.05, 0.1) is 0 Å². The summed E-state index contributed by atoms with van der Waals surface area (Å²) in [6.07, 6.45) is 16.6. The second-order valence-electron chi connectivity index (χ2n) is 5.42. The molecule has 3 aliphatic rings. The van der Waals surface area contributed by atoms with Crippen molar-refractivity contribution in [1.29, 1.82) is 0 Å². The summed E-state index contributed by atoms with van der Waals surface area (Å²) in [5.41, 5.74) is 2.88. The smallest absolute Gasteiger partial charge is 0.302 e. The maximum atomic E-state index is 2.44. The van der Waals surface area contributed by atoms with Gasteiger partial charge in [0, 0.05) is 21.4 Å². The van der Waals surface area contributed by atoms with E-state index in [0.717, 1.165) is 0 Å². The van der Waals surface area contributed by atoms with E-state index in [4.69, 9.17) is 0 Å². The standard InChI is InChI=1S/C14H13IN.C5H5.Fe/c1-16(2)14-11-7-3-5-9(11)10-6-4-8-12(15)13(10)14;1-2-4-5-3-1;/h3-8,14H,1-2H3;1-5H;/q;;+2/t14-;;/m0../s1. The molecule has 0 spiro atoms. The van der Waals surface area contributed by atoms with E-state index < -0.39 is 0 Å². The van der Waals surface area contributed by atoms with Gasteiger partial charge in [0.15, 0.2) is 0 Å². The van der Waals surface area contributed by atoms with Crippen LogP contribution in [0.15, 0.2) is 18.2 Å². The number of hydrogen-bond donors (Lipinski definition) is 0. The van der Waals surface area contributed by atoms with Crippen LogP contribution in [0.1, 0.15) is 17.2 Å². The third-order valence-corrected chi connectivity index (χ3v) is 4.77. The van der Waals surface area contributed by atoms with Crippen LogP contribution in [0.4, 0.5) is 0 Å². The fraction of sp³-hybridized carbons (Fsp3) is 0.158. The summed E-state index contributed by atoms with van der Waals surface area (Å²) in [6.45, 7) is 0. The average molecular weight is 443 g/mol. The molecule has 0 amide bonds. The van der Waals surface area contributed by atoms with Gasteiger partial charge in [-0.25, -0.2) is 0 Å². The Labute approximate surface area is 160 Å². The topological polar surface area (TPSA) is 3.24 Å². The third kappa shape index (κ3) is 3.74. The molecule has 1 atom stereocenters. The second kappa shape index (κ2) is 8.50. The Morgan fingerprint density at radius 2 is 1.55 bits per heavy atom. The van der Waals surface area contributed by atoms with E-state index in [1.54, 1.807) is 0 Å². The first kappa shape index (κ1) is 18.8. The molecule has 10 radical (unpaired) electrons. The Kier molecular flexibility index (Phi) is 7.25. The molecule has 1 aromatic carbocycles. The summed E-state index contributed by atoms with van der Waals surface area (Å²) in [5, 5.41) is 0. The molecule has 0 saturated heterocycles. The predicted molar refractivity (Wildman–Crippen MR) is 95.6 cm³/mol. The summed E-state index contributed by atoms with van der Waals surface area (Å²) in [5.74, 6) is 2.86. The van der Waals surface area contributed by atoms with Crippen LogP contribution in [0.3, 0.4) is 0 Å². The van der Waals surface area contributed by atoms with Gasteiger partial charge in [0.1, 0.15) is 0 Å². The molecule has 4 rings (SSSR count). The minimum Gasteiger partial charge on any atom is -0.302 e. The van der Waals surface area contributed by atoms with Crippen molar-refractivity contribution < 1.29 is 17.1 Å². The average Bonchev–Trinajstić information content (AvgIpc) is 3.18.